The second-order valence-electron chi connectivity index (χ2n) is 9.31. The molecule has 1 heterocycles. The van der Waals surface area contributed by atoms with E-state index in [2.05, 4.69) is 15.5 Å². The highest BCUT2D eigenvalue weighted by Gasteiger charge is 2.37. The third kappa shape index (κ3) is 6.67. The lowest BCUT2D eigenvalue weighted by molar-refractivity contribution is -0.129. The Morgan fingerprint density at radius 3 is 2.51 bits per heavy atom. The summed E-state index contributed by atoms with van der Waals surface area (Å²) < 4.78 is 5.43. The molecule has 0 spiro atoms. The van der Waals surface area contributed by atoms with Gasteiger partial charge in [-0.15, -0.1) is 0 Å². The number of methoxy groups -OCH3 is 1. The molecule has 0 radical (unpaired) electrons. The van der Waals surface area contributed by atoms with Crippen molar-refractivity contribution in [3.05, 3.63) is 59.1 Å². The molecule has 4 rings (SSSR count). The van der Waals surface area contributed by atoms with E-state index in [0.29, 0.717) is 49.4 Å². The molecule has 1 aliphatic heterocycles. The number of carbonyl (C=O) groups is 2. The fourth-order valence-electron chi connectivity index (χ4n) is 5.26. The Labute approximate surface area is 212 Å². The highest BCUT2D eigenvalue weighted by atomic mass is 35.5. The van der Waals surface area contributed by atoms with Gasteiger partial charge in [0.1, 0.15) is 5.75 Å². The van der Waals surface area contributed by atoms with Gasteiger partial charge in [-0.1, -0.05) is 48.7 Å². The van der Waals surface area contributed by atoms with E-state index >= 15 is 0 Å². The van der Waals surface area contributed by atoms with Crippen LogP contribution < -0.4 is 15.4 Å². The van der Waals surface area contributed by atoms with Crippen LogP contribution in [0.3, 0.4) is 0 Å². The molecule has 2 N–H and O–H groups in total. The van der Waals surface area contributed by atoms with Gasteiger partial charge in [-0.25, -0.2) is 4.79 Å². The van der Waals surface area contributed by atoms with Crippen molar-refractivity contribution < 1.29 is 14.3 Å². The number of rotatable bonds is 8. The van der Waals surface area contributed by atoms with Gasteiger partial charge < -0.3 is 20.3 Å². The van der Waals surface area contributed by atoms with Crippen LogP contribution in [-0.4, -0.2) is 67.6 Å². The molecular weight excluding hydrogens is 464 g/mol. The molecule has 188 valence electrons. The van der Waals surface area contributed by atoms with Crippen molar-refractivity contribution in [2.45, 2.75) is 38.1 Å². The Morgan fingerprint density at radius 2 is 1.80 bits per heavy atom. The molecule has 7 nitrogen and oxygen atoms in total. The van der Waals surface area contributed by atoms with Crippen molar-refractivity contribution in [2.75, 3.05) is 45.2 Å². The first-order valence-electron chi connectivity index (χ1n) is 12.5. The summed E-state index contributed by atoms with van der Waals surface area (Å²) in [4.78, 5) is 30.2. The summed E-state index contributed by atoms with van der Waals surface area (Å²) in [7, 11) is 1.67. The van der Waals surface area contributed by atoms with Crippen LogP contribution in [0.2, 0.25) is 5.02 Å². The number of hydrogen-bond donors (Lipinski definition) is 2. The molecule has 1 saturated carbocycles. The van der Waals surface area contributed by atoms with Crippen molar-refractivity contribution in [1.29, 1.82) is 0 Å². The van der Waals surface area contributed by atoms with Crippen LogP contribution in [0.15, 0.2) is 48.5 Å². The topological polar surface area (TPSA) is 73.9 Å². The number of urea groups is 1. The van der Waals surface area contributed by atoms with Crippen LogP contribution in [0, 0.1) is 5.92 Å². The van der Waals surface area contributed by atoms with Crippen molar-refractivity contribution in [3.63, 3.8) is 0 Å². The Bertz CT molecular complexity index is 1000. The number of halogens is 1. The standard InChI is InChI=1S/C27H35ClN4O3/c1-35-24-12-5-4-7-20(24)13-14-29-26(33)25(21-8-2-3-9-21)31-15-17-32(18-16-31)27(34)30-23-11-6-10-22(28)19-23/h4-7,10-12,19,21,25H,2-3,8-9,13-18H2,1H3,(H,29,33)(H,30,34). The molecule has 2 aromatic carbocycles. The van der Waals surface area contributed by atoms with E-state index in [-0.39, 0.29) is 18.0 Å². The highest BCUT2D eigenvalue weighted by Crippen LogP contribution is 2.31. The second-order valence-corrected chi connectivity index (χ2v) is 9.74. The molecule has 1 saturated heterocycles. The molecule has 0 aromatic heterocycles. The number of hydrogen-bond acceptors (Lipinski definition) is 4. The summed E-state index contributed by atoms with van der Waals surface area (Å²) in [6.07, 6.45) is 5.25. The molecule has 35 heavy (non-hydrogen) atoms. The van der Waals surface area contributed by atoms with Gasteiger partial charge in [-0.2, -0.15) is 0 Å². The fourth-order valence-corrected chi connectivity index (χ4v) is 5.45. The van der Waals surface area contributed by atoms with Crippen LogP contribution >= 0.6 is 11.6 Å². The molecule has 2 fully saturated rings. The zero-order chi connectivity index (χ0) is 24.6. The number of amides is 3. The van der Waals surface area contributed by atoms with E-state index in [1.807, 2.05) is 41.3 Å². The summed E-state index contributed by atoms with van der Waals surface area (Å²) >= 11 is 6.03. The summed E-state index contributed by atoms with van der Waals surface area (Å²) in [6.45, 7) is 3.12. The quantitative estimate of drug-likeness (QED) is 0.565. The molecule has 0 bridgehead atoms. The van der Waals surface area contributed by atoms with Gasteiger partial charge in [0.05, 0.1) is 13.2 Å². The number of nitrogens with zero attached hydrogens (tertiary/aromatic N) is 2. The van der Waals surface area contributed by atoms with E-state index in [1.165, 1.54) is 12.8 Å². The van der Waals surface area contributed by atoms with E-state index in [4.69, 9.17) is 16.3 Å². The number of piperazine rings is 1. The predicted octanol–water partition coefficient (Wildman–Crippen LogP) is 4.42. The first-order chi connectivity index (χ1) is 17.0. The molecule has 1 unspecified atom stereocenters. The Morgan fingerprint density at radius 1 is 1.06 bits per heavy atom. The number of benzene rings is 2. The minimum absolute atomic E-state index is 0.101. The molecular formula is C27H35ClN4O3. The zero-order valence-electron chi connectivity index (χ0n) is 20.3. The summed E-state index contributed by atoms with van der Waals surface area (Å²) in [5.41, 5.74) is 1.77. The number of carbonyl (C=O) groups excluding carboxylic acids is 2. The van der Waals surface area contributed by atoms with Gasteiger partial charge in [0.25, 0.3) is 0 Å². The van der Waals surface area contributed by atoms with Crippen LogP contribution in [0.4, 0.5) is 10.5 Å². The average Bonchev–Trinajstić information content (AvgIpc) is 3.39. The molecule has 1 atom stereocenters. The molecule has 3 amide bonds. The number of anilines is 1. The first-order valence-corrected chi connectivity index (χ1v) is 12.9. The van der Waals surface area contributed by atoms with E-state index in [0.717, 1.165) is 30.6 Å². The van der Waals surface area contributed by atoms with Crippen LogP contribution in [0.25, 0.3) is 0 Å². The van der Waals surface area contributed by atoms with Gasteiger partial charge in [0.2, 0.25) is 5.91 Å². The minimum atomic E-state index is -0.145. The normalized spacial score (nSPS) is 17.7. The summed E-state index contributed by atoms with van der Waals surface area (Å²) in [6, 6.07) is 14.8. The lowest BCUT2D eigenvalue weighted by Crippen LogP contribution is -2.58. The highest BCUT2D eigenvalue weighted by molar-refractivity contribution is 6.30. The average molecular weight is 499 g/mol. The lowest BCUT2D eigenvalue weighted by atomic mass is 9.95. The monoisotopic (exact) mass is 498 g/mol. The Kier molecular flexibility index (Phi) is 8.88. The summed E-state index contributed by atoms with van der Waals surface area (Å²) in [5.74, 6) is 1.32. The third-order valence-corrected chi connectivity index (χ3v) is 7.31. The second kappa shape index (κ2) is 12.3. The number of para-hydroxylation sites is 1. The van der Waals surface area contributed by atoms with Crippen LogP contribution in [0.5, 0.6) is 5.75 Å². The van der Waals surface area contributed by atoms with Crippen molar-refractivity contribution in [2.24, 2.45) is 5.92 Å². The first kappa shape index (κ1) is 25.3. The van der Waals surface area contributed by atoms with Crippen molar-refractivity contribution in [3.8, 4) is 5.75 Å². The number of ether oxygens (including phenoxy) is 1. The fraction of sp³-hybridized carbons (Fsp3) is 0.481. The summed E-state index contributed by atoms with van der Waals surface area (Å²) in [5, 5.41) is 6.70. The zero-order valence-corrected chi connectivity index (χ0v) is 21.1. The molecule has 2 aliphatic rings. The predicted molar refractivity (Wildman–Crippen MR) is 139 cm³/mol. The van der Waals surface area contributed by atoms with Crippen molar-refractivity contribution in [1.82, 2.24) is 15.1 Å². The minimum Gasteiger partial charge on any atom is -0.496 e. The van der Waals surface area contributed by atoms with Crippen LogP contribution in [-0.2, 0) is 11.2 Å². The Hall–Kier alpha value is -2.77. The van der Waals surface area contributed by atoms with E-state index in [9.17, 15) is 9.59 Å². The maximum atomic E-state index is 13.4. The molecule has 8 heteroatoms. The molecule has 1 aliphatic carbocycles. The van der Waals surface area contributed by atoms with Gasteiger partial charge in [0.15, 0.2) is 0 Å². The van der Waals surface area contributed by atoms with E-state index in [1.54, 1.807) is 19.2 Å². The number of nitrogens with one attached hydrogen (secondary N) is 2. The van der Waals surface area contributed by atoms with Gasteiger partial charge in [0, 0.05) is 43.4 Å². The largest absolute Gasteiger partial charge is 0.496 e. The third-order valence-electron chi connectivity index (χ3n) is 7.07. The SMILES string of the molecule is COc1ccccc1CCNC(=O)C(C1CCCC1)N1CCN(C(=O)Nc2cccc(Cl)c2)CC1. The molecule has 2 aromatic rings. The van der Waals surface area contributed by atoms with Crippen molar-refractivity contribution >= 4 is 29.2 Å². The van der Waals surface area contributed by atoms with Gasteiger partial charge in [-0.3, -0.25) is 9.69 Å². The van der Waals surface area contributed by atoms with Gasteiger partial charge in [-0.05, 0) is 55.0 Å². The van der Waals surface area contributed by atoms with Crippen LogP contribution in [0.1, 0.15) is 31.2 Å². The smallest absolute Gasteiger partial charge is 0.321 e. The maximum absolute atomic E-state index is 13.4. The maximum Gasteiger partial charge on any atom is 0.321 e. The lowest BCUT2D eigenvalue weighted by Gasteiger charge is -2.40. The van der Waals surface area contributed by atoms with E-state index < -0.39 is 0 Å². The van der Waals surface area contributed by atoms with Gasteiger partial charge >= 0.3 is 6.03 Å². The Balaban J connectivity index is 1.32.